The zero-order chi connectivity index (χ0) is 20.4. The lowest BCUT2D eigenvalue weighted by molar-refractivity contribution is -0.139. The van der Waals surface area contributed by atoms with E-state index in [1.54, 1.807) is 19.0 Å². The predicted molar refractivity (Wildman–Crippen MR) is 115 cm³/mol. The molecule has 1 aliphatic rings. The molecule has 3 aromatic rings. The summed E-state index contributed by atoms with van der Waals surface area (Å²) in [5.74, 6) is 0.306. The van der Waals surface area contributed by atoms with E-state index >= 15 is 0 Å². The summed E-state index contributed by atoms with van der Waals surface area (Å²) >= 11 is 0. The Bertz CT molecular complexity index is 1020. The summed E-state index contributed by atoms with van der Waals surface area (Å²) < 4.78 is 2.12. The van der Waals surface area contributed by atoms with E-state index in [1.807, 2.05) is 35.2 Å². The van der Waals surface area contributed by atoms with Gasteiger partial charge in [0, 0.05) is 49.7 Å². The fourth-order valence-corrected chi connectivity index (χ4v) is 4.21. The second-order valence-corrected chi connectivity index (χ2v) is 7.93. The van der Waals surface area contributed by atoms with E-state index in [2.05, 4.69) is 34.9 Å². The van der Waals surface area contributed by atoms with Crippen LogP contribution in [0.25, 0.3) is 22.2 Å². The molecule has 150 valence electrons. The van der Waals surface area contributed by atoms with E-state index in [4.69, 9.17) is 0 Å². The van der Waals surface area contributed by atoms with Gasteiger partial charge in [0.15, 0.2) is 0 Å². The molecule has 1 fully saturated rings. The molecule has 0 saturated carbocycles. The number of nitrogens with zero attached hydrogens (tertiary/aromatic N) is 3. The fourth-order valence-electron chi connectivity index (χ4n) is 4.21. The Morgan fingerprint density at radius 2 is 1.62 bits per heavy atom. The number of fused-ring (bicyclic) bond motifs is 1. The number of aromatic nitrogens is 1. The van der Waals surface area contributed by atoms with E-state index in [9.17, 15) is 9.59 Å². The topological polar surface area (TPSA) is 45.6 Å². The summed E-state index contributed by atoms with van der Waals surface area (Å²) in [6, 6.07) is 20.5. The van der Waals surface area contributed by atoms with Crippen LogP contribution in [0.2, 0.25) is 0 Å². The molecule has 1 aliphatic heterocycles. The fraction of sp³-hybridized carbons (Fsp3) is 0.333. The van der Waals surface area contributed by atoms with Gasteiger partial charge in [-0.15, -0.1) is 0 Å². The second kappa shape index (κ2) is 8.11. The molecule has 0 atom stereocenters. The molecule has 2 amide bonds. The van der Waals surface area contributed by atoms with Crippen molar-refractivity contribution in [2.75, 3.05) is 27.2 Å². The number of piperidine rings is 1. The van der Waals surface area contributed by atoms with Gasteiger partial charge in [-0.25, -0.2) is 0 Å². The lowest BCUT2D eigenvalue weighted by Crippen LogP contribution is -2.43. The first kappa shape index (κ1) is 19.2. The molecule has 1 aromatic heterocycles. The van der Waals surface area contributed by atoms with Crippen molar-refractivity contribution < 1.29 is 9.59 Å². The first-order chi connectivity index (χ1) is 14.0. The van der Waals surface area contributed by atoms with Gasteiger partial charge < -0.3 is 14.4 Å². The van der Waals surface area contributed by atoms with Crippen LogP contribution >= 0.6 is 0 Å². The van der Waals surface area contributed by atoms with Gasteiger partial charge in [-0.2, -0.15) is 0 Å². The maximum Gasteiger partial charge on any atom is 0.242 e. The molecule has 5 heteroatoms. The maximum absolute atomic E-state index is 13.1. The molecule has 2 aromatic carbocycles. The van der Waals surface area contributed by atoms with E-state index < -0.39 is 0 Å². The van der Waals surface area contributed by atoms with Crippen molar-refractivity contribution >= 4 is 22.7 Å². The number of benzene rings is 2. The Morgan fingerprint density at radius 1 is 0.966 bits per heavy atom. The van der Waals surface area contributed by atoms with Crippen LogP contribution in [0.5, 0.6) is 0 Å². The van der Waals surface area contributed by atoms with Crippen LogP contribution in [0, 0.1) is 5.92 Å². The molecule has 29 heavy (non-hydrogen) atoms. The minimum Gasteiger partial charge on any atom is -0.349 e. The molecule has 0 unspecified atom stereocenters. The van der Waals surface area contributed by atoms with Crippen LogP contribution in [0.1, 0.15) is 12.8 Å². The van der Waals surface area contributed by atoms with Crippen molar-refractivity contribution in [3.05, 3.63) is 60.7 Å². The molecule has 0 spiro atoms. The number of rotatable bonds is 4. The Kier molecular flexibility index (Phi) is 5.38. The van der Waals surface area contributed by atoms with Crippen molar-refractivity contribution in [3.63, 3.8) is 0 Å². The molecule has 0 aliphatic carbocycles. The van der Waals surface area contributed by atoms with E-state index in [1.165, 1.54) is 0 Å². The molecule has 4 rings (SSSR count). The van der Waals surface area contributed by atoms with Gasteiger partial charge in [-0.3, -0.25) is 9.59 Å². The molecule has 0 N–H and O–H groups in total. The van der Waals surface area contributed by atoms with Crippen molar-refractivity contribution in [3.8, 4) is 11.3 Å². The Labute approximate surface area is 171 Å². The first-order valence-electron chi connectivity index (χ1n) is 10.2. The van der Waals surface area contributed by atoms with Gasteiger partial charge in [0.1, 0.15) is 6.54 Å². The third-order valence-electron chi connectivity index (χ3n) is 5.81. The van der Waals surface area contributed by atoms with E-state index in [0.717, 1.165) is 35.0 Å². The summed E-state index contributed by atoms with van der Waals surface area (Å²) in [6.45, 7) is 1.59. The van der Waals surface area contributed by atoms with Gasteiger partial charge in [-0.1, -0.05) is 48.5 Å². The largest absolute Gasteiger partial charge is 0.349 e. The van der Waals surface area contributed by atoms with Crippen LogP contribution < -0.4 is 0 Å². The molecular weight excluding hydrogens is 362 g/mol. The minimum atomic E-state index is 0.0290. The summed E-state index contributed by atoms with van der Waals surface area (Å²) in [5, 5.41) is 1.13. The van der Waals surface area contributed by atoms with E-state index in [-0.39, 0.29) is 17.7 Å². The molecule has 2 heterocycles. The number of amides is 2. The highest BCUT2D eigenvalue weighted by Gasteiger charge is 2.28. The number of carbonyl (C=O) groups excluding carboxylic acids is 2. The summed E-state index contributed by atoms with van der Waals surface area (Å²) in [6.07, 6.45) is 1.47. The summed E-state index contributed by atoms with van der Waals surface area (Å²) in [5.41, 5.74) is 3.22. The SMILES string of the molecule is CN(C)C(=O)C1CCN(C(=O)Cn2c(-c3ccccc3)cc3ccccc32)CC1. The zero-order valence-electron chi connectivity index (χ0n) is 17.0. The highest BCUT2D eigenvalue weighted by Crippen LogP contribution is 2.29. The van der Waals surface area contributed by atoms with Gasteiger partial charge in [0.25, 0.3) is 0 Å². The number of likely N-dealkylation sites (tertiary alicyclic amines) is 1. The number of hydrogen-bond donors (Lipinski definition) is 0. The average molecular weight is 389 g/mol. The number of carbonyl (C=O) groups is 2. The van der Waals surface area contributed by atoms with E-state index in [0.29, 0.717) is 19.6 Å². The highest BCUT2D eigenvalue weighted by molar-refractivity contribution is 5.89. The molecule has 0 radical (unpaired) electrons. The third-order valence-corrected chi connectivity index (χ3v) is 5.81. The number of hydrogen-bond acceptors (Lipinski definition) is 2. The summed E-state index contributed by atoms with van der Waals surface area (Å²) in [4.78, 5) is 28.9. The Hall–Kier alpha value is -3.08. The monoisotopic (exact) mass is 389 g/mol. The van der Waals surface area contributed by atoms with Gasteiger partial charge in [0.2, 0.25) is 11.8 Å². The smallest absolute Gasteiger partial charge is 0.242 e. The van der Waals surface area contributed by atoms with Crippen LogP contribution in [0.3, 0.4) is 0 Å². The first-order valence-corrected chi connectivity index (χ1v) is 10.2. The van der Waals surface area contributed by atoms with Crippen molar-refractivity contribution in [2.45, 2.75) is 19.4 Å². The Morgan fingerprint density at radius 3 is 2.31 bits per heavy atom. The molecule has 5 nitrogen and oxygen atoms in total. The van der Waals surface area contributed by atoms with Crippen molar-refractivity contribution in [1.82, 2.24) is 14.4 Å². The van der Waals surface area contributed by atoms with Crippen LogP contribution in [0.4, 0.5) is 0 Å². The number of para-hydroxylation sites is 1. The molecular formula is C24H27N3O2. The lowest BCUT2D eigenvalue weighted by Gasteiger charge is -2.32. The predicted octanol–water partition coefficient (Wildman–Crippen LogP) is 3.64. The normalized spacial score (nSPS) is 14.9. The van der Waals surface area contributed by atoms with Crippen molar-refractivity contribution in [2.24, 2.45) is 5.92 Å². The Balaban J connectivity index is 1.55. The molecule has 1 saturated heterocycles. The standard InChI is InChI=1S/C24H27N3O2/c1-25(2)24(29)19-12-14-26(15-13-19)23(28)17-27-21-11-7-6-10-20(21)16-22(27)18-8-4-3-5-9-18/h3-11,16,19H,12-15,17H2,1-2H3. The van der Waals surface area contributed by atoms with Gasteiger partial charge in [-0.05, 0) is 30.5 Å². The van der Waals surface area contributed by atoms with Crippen LogP contribution in [-0.2, 0) is 16.1 Å². The van der Waals surface area contributed by atoms with Crippen LogP contribution in [0.15, 0.2) is 60.7 Å². The highest BCUT2D eigenvalue weighted by atomic mass is 16.2. The van der Waals surface area contributed by atoms with Crippen LogP contribution in [-0.4, -0.2) is 53.4 Å². The van der Waals surface area contributed by atoms with Gasteiger partial charge in [0.05, 0.1) is 0 Å². The molecule has 0 bridgehead atoms. The minimum absolute atomic E-state index is 0.0290. The third kappa shape index (κ3) is 3.90. The zero-order valence-corrected chi connectivity index (χ0v) is 17.0. The maximum atomic E-state index is 13.1. The van der Waals surface area contributed by atoms with Gasteiger partial charge >= 0.3 is 0 Å². The lowest BCUT2D eigenvalue weighted by atomic mass is 9.95. The average Bonchev–Trinajstić information content (AvgIpc) is 3.12. The quantitative estimate of drug-likeness (QED) is 0.684. The second-order valence-electron chi connectivity index (χ2n) is 7.93. The van der Waals surface area contributed by atoms with Crippen molar-refractivity contribution in [1.29, 1.82) is 0 Å². The summed E-state index contributed by atoms with van der Waals surface area (Å²) in [7, 11) is 3.59.